The molecule has 0 unspecified atom stereocenters. The van der Waals surface area contributed by atoms with Crippen molar-refractivity contribution in [2.75, 3.05) is 19.6 Å². The number of carbonyl (C=O) groups excluding carboxylic acids is 2. The van der Waals surface area contributed by atoms with Gasteiger partial charge in [0.25, 0.3) is 5.69 Å². The zero-order valence-corrected chi connectivity index (χ0v) is 14.3. The second-order valence-electron chi connectivity index (χ2n) is 6.07. The maximum Gasteiger partial charge on any atom is 0.269 e. The van der Waals surface area contributed by atoms with E-state index in [0.29, 0.717) is 32.5 Å². The van der Waals surface area contributed by atoms with E-state index in [9.17, 15) is 19.7 Å². The molecule has 0 aromatic heterocycles. The molecule has 0 bridgehead atoms. The fraction of sp³-hybridized carbons (Fsp3) is 0.444. The molecule has 134 valence electrons. The quantitative estimate of drug-likeness (QED) is 0.487. The van der Waals surface area contributed by atoms with E-state index in [1.807, 2.05) is 6.92 Å². The van der Waals surface area contributed by atoms with Crippen LogP contribution in [0.5, 0.6) is 0 Å². The summed E-state index contributed by atoms with van der Waals surface area (Å²) in [5.74, 6) is -0.0459. The van der Waals surface area contributed by atoms with Crippen LogP contribution in [0.1, 0.15) is 31.7 Å². The normalized spacial score (nSPS) is 15.3. The Morgan fingerprint density at radius 1 is 1.28 bits per heavy atom. The predicted octanol–water partition coefficient (Wildman–Crippen LogP) is 2.37. The smallest absolute Gasteiger partial charge is 0.269 e. The molecular weight excluding hydrogens is 322 g/mol. The Balaban J connectivity index is 1.84. The molecule has 0 radical (unpaired) electrons. The molecular formula is C18H23N3O4. The number of piperidine rings is 1. The van der Waals surface area contributed by atoms with Crippen LogP contribution in [0.3, 0.4) is 0 Å². The lowest BCUT2D eigenvalue weighted by molar-refractivity contribution is -0.384. The number of non-ortho nitro benzene ring substituents is 1. The highest BCUT2D eigenvalue weighted by molar-refractivity contribution is 5.92. The summed E-state index contributed by atoms with van der Waals surface area (Å²) in [4.78, 5) is 36.1. The molecule has 7 heteroatoms. The molecule has 1 heterocycles. The summed E-state index contributed by atoms with van der Waals surface area (Å²) in [7, 11) is 0. The van der Waals surface area contributed by atoms with Gasteiger partial charge in [0.1, 0.15) is 0 Å². The molecule has 1 saturated heterocycles. The zero-order valence-electron chi connectivity index (χ0n) is 14.3. The number of benzene rings is 1. The molecule has 7 nitrogen and oxygen atoms in total. The summed E-state index contributed by atoms with van der Waals surface area (Å²) in [5, 5.41) is 13.5. The summed E-state index contributed by atoms with van der Waals surface area (Å²) in [5.41, 5.74) is 0.750. The average molecular weight is 345 g/mol. The van der Waals surface area contributed by atoms with Crippen LogP contribution in [-0.2, 0) is 9.59 Å². The van der Waals surface area contributed by atoms with Gasteiger partial charge < -0.3 is 10.2 Å². The lowest BCUT2D eigenvalue weighted by Gasteiger charge is -2.30. The highest BCUT2D eigenvalue weighted by Crippen LogP contribution is 2.18. The summed E-state index contributed by atoms with van der Waals surface area (Å²) >= 11 is 0. The van der Waals surface area contributed by atoms with E-state index in [4.69, 9.17) is 0 Å². The highest BCUT2D eigenvalue weighted by Gasteiger charge is 2.26. The third kappa shape index (κ3) is 5.41. The zero-order chi connectivity index (χ0) is 18.2. The molecule has 1 aliphatic rings. The number of likely N-dealkylation sites (tertiary alicyclic amines) is 1. The number of nitrogens with one attached hydrogen (secondary N) is 1. The standard InChI is InChI=1S/C18H23N3O4/c1-2-11-19-18(23)15-9-12-20(13-10-15)17(22)8-5-14-3-6-16(7-4-14)21(24)25/h3-8,15H,2,9-13H2,1H3,(H,19,23)/b8-5+. The van der Waals surface area contributed by atoms with Gasteiger partial charge in [-0.1, -0.05) is 6.92 Å². The van der Waals surface area contributed by atoms with E-state index >= 15 is 0 Å². The molecule has 0 spiro atoms. The van der Waals surface area contributed by atoms with Crippen molar-refractivity contribution in [2.45, 2.75) is 26.2 Å². The van der Waals surface area contributed by atoms with Crippen LogP contribution in [0.4, 0.5) is 5.69 Å². The van der Waals surface area contributed by atoms with Gasteiger partial charge in [0.05, 0.1) is 4.92 Å². The SMILES string of the molecule is CCCNC(=O)C1CCN(C(=O)/C=C/c2ccc([N+](=O)[O-])cc2)CC1. The number of carbonyl (C=O) groups is 2. The lowest BCUT2D eigenvalue weighted by atomic mass is 9.96. The van der Waals surface area contributed by atoms with E-state index in [1.165, 1.54) is 18.2 Å². The minimum atomic E-state index is -0.459. The molecule has 1 aromatic rings. The second-order valence-corrected chi connectivity index (χ2v) is 6.07. The fourth-order valence-corrected chi connectivity index (χ4v) is 2.73. The Bertz CT molecular complexity index is 647. The first kappa shape index (κ1) is 18.6. The van der Waals surface area contributed by atoms with Crippen molar-refractivity contribution in [1.29, 1.82) is 0 Å². The van der Waals surface area contributed by atoms with E-state index in [1.54, 1.807) is 23.1 Å². The van der Waals surface area contributed by atoms with Gasteiger partial charge in [0.15, 0.2) is 0 Å². The van der Waals surface area contributed by atoms with E-state index in [-0.39, 0.29) is 23.4 Å². The van der Waals surface area contributed by atoms with E-state index in [0.717, 1.165) is 12.0 Å². The first-order valence-electron chi connectivity index (χ1n) is 8.50. The first-order chi connectivity index (χ1) is 12.0. The fourth-order valence-electron chi connectivity index (χ4n) is 2.73. The number of nitrogens with zero attached hydrogens (tertiary/aromatic N) is 2. The predicted molar refractivity (Wildman–Crippen MR) is 94.7 cm³/mol. The Kier molecular flexibility index (Phi) is 6.68. The number of amides is 2. The van der Waals surface area contributed by atoms with Crippen molar-refractivity contribution in [3.8, 4) is 0 Å². The van der Waals surface area contributed by atoms with Gasteiger partial charge in [-0.15, -0.1) is 0 Å². The van der Waals surface area contributed by atoms with Crippen molar-refractivity contribution in [2.24, 2.45) is 5.92 Å². The van der Waals surface area contributed by atoms with Crippen LogP contribution in [-0.4, -0.2) is 41.3 Å². The van der Waals surface area contributed by atoms with Gasteiger partial charge in [-0.2, -0.15) is 0 Å². The number of hydrogen-bond acceptors (Lipinski definition) is 4. The summed E-state index contributed by atoms with van der Waals surface area (Å²) < 4.78 is 0. The monoisotopic (exact) mass is 345 g/mol. The third-order valence-corrected chi connectivity index (χ3v) is 4.25. The maximum atomic E-state index is 12.2. The third-order valence-electron chi connectivity index (χ3n) is 4.25. The number of rotatable bonds is 6. The number of nitro groups is 1. The molecule has 25 heavy (non-hydrogen) atoms. The van der Waals surface area contributed by atoms with Gasteiger partial charge in [0.2, 0.25) is 11.8 Å². The highest BCUT2D eigenvalue weighted by atomic mass is 16.6. The van der Waals surface area contributed by atoms with Crippen LogP contribution < -0.4 is 5.32 Å². The molecule has 1 aromatic carbocycles. The summed E-state index contributed by atoms with van der Waals surface area (Å²) in [6, 6.07) is 6.02. The molecule has 1 fully saturated rings. The van der Waals surface area contributed by atoms with Crippen LogP contribution >= 0.6 is 0 Å². The Labute approximate surface area is 146 Å². The Morgan fingerprint density at radius 2 is 1.92 bits per heavy atom. The van der Waals surface area contributed by atoms with Crippen LogP contribution in [0.15, 0.2) is 30.3 Å². The maximum absolute atomic E-state index is 12.2. The summed E-state index contributed by atoms with van der Waals surface area (Å²) in [6.07, 6.45) is 5.38. The molecule has 2 amide bonds. The molecule has 0 saturated carbocycles. The van der Waals surface area contributed by atoms with Crippen molar-refractivity contribution in [1.82, 2.24) is 10.2 Å². The van der Waals surface area contributed by atoms with Crippen molar-refractivity contribution < 1.29 is 14.5 Å². The number of hydrogen-bond donors (Lipinski definition) is 1. The molecule has 0 aliphatic carbocycles. The van der Waals surface area contributed by atoms with E-state index in [2.05, 4.69) is 5.32 Å². The molecule has 2 rings (SSSR count). The van der Waals surface area contributed by atoms with Crippen molar-refractivity contribution in [3.05, 3.63) is 46.0 Å². The molecule has 1 aliphatic heterocycles. The van der Waals surface area contributed by atoms with Crippen LogP contribution in [0.25, 0.3) is 6.08 Å². The van der Waals surface area contributed by atoms with Gasteiger partial charge in [-0.3, -0.25) is 19.7 Å². The first-order valence-corrected chi connectivity index (χ1v) is 8.50. The Hall–Kier alpha value is -2.70. The van der Waals surface area contributed by atoms with Gasteiger partial charge >= 0.3 is 0 Å². The molecule has 0 atom stereocenters. The van der Waals surface area contributed by atoms with Crippen LogP contribution in [0.2, 0.25) is 0 Å². The van der Waals surface area contributed by atoms with Crippen LogP contribution in [0, 0.1) is 16.0 Å². The largest absolute Gasteiger partial charge is 0.356 e. The lowest BCUT2D eigenvalue weighted by Crippen LogP contribution is -2.42. The van der Waals surface area contributed by atoms with Crippen molar-refractivity contribution in [3.63, 3.8) is 0 Å². The molecule has 1 N–H and O–H groups in total. The average Bonchev–Trinajstić information content (AvgIpc) is 2.64. The van der Waals surface area contributed by atoms with Gasteiger partial charge in [0, 0.05) is 43.8 Å². The topological polar surface area (TPSA) is 92.6 Å². The summed E-state index contributed by atoms with van der Waals surface area (Å²) in [6.45, 7) is 3.83. The van der Waals surface area contributed by atoms with E-state index < -0.39 is 4.92 Å². The number of nitro benzene ring substituents is 1. The van der Waals surface area contributed by atoms with Gasteiger partial charge in [-0.05, 0) is 43.0 Å². The minimum absolute atomic E-state index is 0.0192. The Morgan fingerprint density at radius 3 is 2.48 bits per heavy atom. The van der Waals surface area contributed by atoms with Crippen molar-refractivity contribution >= 4 is 23.6 Å². The minimum Gasteiger partial charge on any atom is -0.356 e. The second kappa shape index (κ2) is 8.96. The van der Waals surface area contributed by atoms with Gasteiger partial charge in [-0.25, -0.2) is 0 Å².